The van der Waals surface area contributed by atoms with Crippen LogP contribution in [0.25, 0.3) is 6.08 Å². The van der Waals surface area contributed by atoms with Gasteiger partial charge in [-0.2, -0.15) is 0 Å². The second kappa shape index (κ2) is 11.0. The van der Waals surface area contributed by atoms with Gasteiger partial charge < -0.3 is 15.4 Å². The normalized spacial score (nSPS) is 11.0. The second-order valence-electron chi connectivity index (χ2n) is 6.79. The van der Waals surface area contributed by atoms with E-state index in [2.05, 4.69) is 10.6 Å². The molecule has 0 aliphatic carbocycles. The third-order valence-electron chi connectivity index (χ3n) is 4.47. The van der Waals surface area contributed by atoms with Crippen LogP contribution in [0.2, 0.25) is 15.1 Å². The first-order valence-electron chi connectivity index (χ1n) is 9.55. The summed E-state index contributed by atoms with van der Waals surface area (Å²) in [5.41, 5.74) is 0.239. The largest absolute Gasteiger partial charge is 0.496 e. The predicted molar refractivity (Wildman–Crippen MR) is 132 cm³/mol. The van der Waals surface area contributed by atoms with Crippen LogP contribution in [0.4, 0.5) is 11.4 Å². The summed E-state index contributed by atoms with van der Waals surface area (Å²) in [6.45, 7) is 0. The summed E-state index contributed by atoms with van der Waals surface area (Å²) in [5.74, 6) is -1.18. The number of methoxy groups -OCH3 is 1. The summed E-state index contributed by atoms with van der Waals surface area (Å²) in [6.07, 6.45) is 1.29. The van der Waals surface area contributed by atoms with Crippen molar-refractivity contribution in [3.8, 4) is 5.75 Å². The molecule has 0 atom stereocenters. The minimum absolute atomic E-state index is 0.0808. The van der Waals surface area contributed by atoms with E-state index in [1.807, 2.05) is 0 Å². The number of ether oxygens (including phenoxy) is 1. The van der Waals surface area contributed by atoms with Crippen molar-refractivity contribution in [2.24, 2.45) is 0 Å². The minimum atomic E-state index is -0.731. The molecule has 0 aliphatic heterocycles. The number of amides is 2. The number of nitro benzene ring substituents is 1. The first-order valence-corrected chi connectivity index (χ1v) is 10.7. The first kappa shape index (κ1) is 25.0. The maximum absolute atomic E-state index is 13.1. The third-order valence-corrected chi connectivity index (χ3v) is 5.25. The quantitative estimate of drug-likeness (QED) is 0.226. The first-order chi connectivity index (χ1) is 16.2. The molecule has 2 N–H and O–H groups in total. The number of hydrogen-bond donors (Lipinski definition) is 2. The van der Waals surface area contributed by atoms with E-state index in [-0.39, 0.29) is 38.4 Å². The van der Waals surface area contributed by atoms with Gasteiger partial charge in [-0.15, -0.1) is 0 Å². The number of nitro groups is 1. The summed E-state index contributed by atoms with van der Waals surface area (Å²) in [5, 5.41) is 17.1. The van der Waals surface area contributed by atoms with Gasteiger partial charge in [0.15, 0.2) is 0 Å². The van der Waals surface area contributed by atoms with Gasteiger partial charge in [0.25, 0.3) is 17.5 Å². The highest BCUT2D eigenvalue weighted by Crippen LogP contribution is 2.27. The highest BCUT2D eigenvalue weighted by molar-refractivity contribution is 6.37. The molecule has 0 saturated carbocycles. The van der Waals surface area contributed by atoms with E-state index >= 15 is 0 Å². The number of carbonyl (C=O) groups is 2. The minimum Gasteiger partial charge on any atom is -0.496 e. The third kappa shape index (κ3) is 6.26. The summed E-state index contributed by atoms with van der Waals surface area (Å²) in [6, 6.07) is 14.5. The average molecular weight is 521 g/mol. The van der Waals surface area contributed by atoms with Gasteiger partial charge in [-0.05, 0) is 48.0 Å². The smallest absolute Gasteiger partial charge is 0.272 e. The highest BCUT2D eigenvalue weighted by atomic mass is 35.5. The molecule has 0 radical (unpaired) electrons. The standard InChI is InChI=1S/C23H16Cl3N3O5/c1-34-21-8-6-14(24)11-17(21)22(30)28-20(10-13-3-2-4-16(9-13)29(32)33)23(31)27-19-7-5-15(25)12-18(19)26/h2-12H,1H3,(H,27,31)(H,28,30)/b20-10-. The van der Waals surface area contributed by atoms with Crippen molar-refractivity contribution in [1.29, 1.82) is 0 Å². The molecule has 0 aliphatic rings. The molecule has 0 spiro atoms. The summed E-state index contributed by atoms with van der Waals surface area (Å²) >= 11 is 18.1. The Morgan fingerprint density at radius 2 is 1.71 bits per heavy atom. The Morgan fingerprint density at radius 1 is 1.00 bits per heavy atom. The number of rotatable bonds is 7. The van der Waals surface area contributed by atoms with E-state index in [9.17, 15) is 19.7 Å². The zero-order chi connectivity index (χ0) is 24.8. The van der Waals surface area contributed by atoms with E-state index < -0.39 is 16.7 Å². The molecule has 3 rings (SSSR count). The Kier molecular flexibility index (Phi) is 8.12. The van der Waals surface area contributed by atoms with E-state index in [4.69, 9.17) is 39.5 Å². The van der Waals surface area contributed by atoms with Crippen molar-refractivity contribution in [2.45, 2.75) is 0 Å². The molecule has 11 heteroatoms. The van der Waals surface area contributed by atoms with Gasteiger partial charge in [-0.3, -0.25) is 19.7 Å². The van der Waals surface area contributed by atoms with Crippen molar-refractivity contribution in [2.75, 3.05) is 12.4 Å². The number of carbonyl (C=O) groups excluding carboxylic acids is 2. The topological polar surface area (TPSA) is 111 Å². The second-order valence-corrected chi connectivity index (χ2v) is 8.07. The van der Waals surface area contributed by atoms with Crippen LogP contribution in [0.1, 0.15) is 15.9 Å². The molecular weight excluding hydrogens is 505 g/mol. The summed E-state index contributed by atoms with van der Waals surface area (Å²) in [4.78, 5) is 36.6. The maximum atomic E-state index is 13.1. The van der Waals surface area contributed by atoms with Crippen LogP contribution >= 0.6 is 34.8 Å². The molecule has 0 unspecified atom stereocenters. The van der Waals surface area contributed by atoms with Crippen molar-refractivity contribution in [1.82, 2.24) is 5.32 Å². The zero-order valence-electron chi connectivity index (χ0n) is 17.5. The lowest BCUT2D eigenvalue weighted by molar-refractivity contribution is -0.384. The Bertz CT molecular complexity index is 1310. The zero-order valence-corrected chi connectivity index (χ0v) is 19.7. The monoisotopic (exact) mass is 519 g/mol. The molecule has 8 nitrogen and oxygen atoms in total. The van der Waals surface area contributed by atoms with Crippen LogP contribution in [-0.2, 0) is 4.79 Å². The van der Waals surface area contributed by atoms with Crippen LogP contribution in [0.3, 0.4) is 0 Å². The van der Waals surface area contributed by atoms with E-state index in [0.29, 0.717) is 10.6 Å². The lowest BCUT2D eigenvalue weighted by Gasteiger charge is -2.14. The van der Waals surface area contributed by atoms with Gasteiger partial charge in [0.2, 0.25) is 0 Å². The van der Waals surface area contributed by atoms with E-state index in [1.165, 1.54) is 61.7 Å². The van der Waals surface area contributed by atoms with Crippen molar-refractivity contribution in [3.05, 3.63) is 103 Å². The van der Waals surface area contributed by atoms with Gasteiger partial charge in [0.1, 0.15) is 11.4 Å². The van der Waals surface area contributed by atoms with Gasteiger partial charge in [0.05, 0.1) is 28.3 Å². The number of hydrogen-bond acceptors (Lipinski definition) is 5. The van der Waals surface area contributed by atoms with Crippen LogP contribution in [-0.4, -0.2) is 23.8 Å². The van der Waals surface area contributed by atoms with Gasteiger partial charge in [0, 0.05) is 22.2 Å². The molecule has 2 amide bonds. The molecule has 0 saturated heterocycles. The fraction of sp³-hybridized carbons (Fsp3) is 0.0435. The highest BCUT2D eigenvalue weighted by Gasteiger charge is 2.19. The summed E-state index contributed by atoms with van der Waals surface area (Å²) < 4.78 is 5.20. The van der Waals surface area contributed by atoms with Crippen LogP contribution in [0.5, 0.6) is 5.75 Å². The number of non-ortho nitro benzene ring substituents is 1. The van der Waals surface area contributed by atoms with Crippen molar-refractivity contribution >= 4 is 64.1 Å². The molecule has 3 aromatic carbocycles. The summed E-state index contributed by atoms with van der Waals surface area (Å²) in [7, 11) is 1.38. The number of benzene rings is 3. The number of nitrogens with zero attached hydrogens (tertiary/aromatic N) is 1. The lowest BCUT2D eigenvalue weighted by atomic mass is 10.1. The molecule has 0 bridgehead atoms. The molecule has 0 fully saturated rings. The fourth-order valence-corrected chi connectivity index (χ4v) is 3.51. The van der Waals surface area contributed by atoms with Crippen LogP contribution < -0.4 is 15.4 Å². The van der Waals surface area contributed by atoms with Crippen molar-refractivity contribution < 1.29 is 19.2 Å². The number of anilines is 1. The fourth-order valence-electron chi connectivity index (χ4n) is 2.88. The van der Waals surface area contributed by atoms with E-state index in [0.717, 1.165) is 0 Å². The number of nitrogens with one attached hydrogen (secondary N) is 2. The molecule has 34 heavy (non-hydrogen) atoms. The average Bonchev–Trinajstić information content (AvgIpc) is 2.80. The Labute approximate surface area is 209 Å². The maximum Gasteiger partial charge on any atom is 0.272 e. The predicted octanol–water partition coefficient (Wildman–Crippen LogP) is 5.97. The van der Waals surface area contributed by atoms with Gasteiger partial charge in [-0.1, -0.05) is 46.9 Å². The Balaban J connectivity index is 2.00. The molecular formula is C23H16Cl3N3O5. The Hall–Kier alpha value is -3.59. The lowest BCUT2D eigenvalue weighted by Crippen LogP contribution is -2.31. The molecule has 174 valence electrons. The molecule has 0 heterocycles. The van der Waals surface area contributed by atoms with E-state index in [1.54, 1.807) is 12.1 Å². The van der Waals surface area contributed by atoms with Gasteiger partial charge >= 0.3 is 0 Å². The molecule has 0 aromatic heterocycles. The number of halogens is 3. The molecule has 3 aromatic rings. The van der Waals surface area contributed by atoms with Crippen molar-refractivity contribution in [3.63, 3.8) is 0 Å². The van der Waals surface area contributed by atoms with Gasteiger partial charge in [-0.25, -0.2) is 0 Å². The van der Waals surface area contributed by atoms with Crippen LogP contribution in [0, 0.1) is 10.1 Å². The Morgan fingerprint density at radius 3 is 2.38 bits per heavy atom. The van der Waals surface area contributed by atoms with Crippen LogP contribution in [0.15, 0.2) is 66.4 Å². The SMILES string of the molecule is COc1ccc(Cl)cc1C(=O)N/C(=C\c1cccc([N+](=O)[O-])c1)C(=O)Nc1ccc(Cl)cc1Cl.